The number of ether oxygens (including phenoxy) is 1. The lowest BCUT2D eigenvalue weighted by atomic mass is 10.0. The van der Waals surface area contributed by atoms with Crippen molar-refractivity contribution >= 4 is 16.9 Å². The SMILES string of the molecule is CCCCc1cc(O)c(Cn2cc(C[C@H](O)COC(=O)c3cccc(CC)c3)c3ccccc32)c(O)c1. The molecule has 0 spiro atoms. The van der Waals surface area contributed by atoms with E-state index in [1.807, 2.05) is 60.2 Å². The largest absolute Gasteiger partial charge is 0.507 e. The van der Waals surface area contributed by atoms with Crippen molar-refractivity contribution < 1.29 is 24.9 Å². The molecule has 0 bridgehead atoms. The second kappa shape index (κ2) is 12.0. The summed E-state index contributed by atoms with van der Waals surface area (Å²) < 4.78 is 7.34. The average molecular weight is 502 g/mol. The van der Waals surface area contributed by atoms with Crippen molar-refractivity contribution in [2.75, 3.05) is 6.61 Å². The number of carbonyl (C=O) groups excluding carboxylic acids is 1. The van der Waals surface area contributed by atoms with Crippen molar-refractivity contribution in [3.63, 3.8) is 0 Å². The Balaban J connectivity index is 1.48. The number of hydrogen-bond donors (Lipinski definition) is 3. The molecule has 0 saturated heterocycles. The first-order chi connectivity index (χ1) is 17.9. The number of unbranched alkanes of at least 4 members (excludes halogenated alkanes) is 1. The number of hydrogen-bond acceptors (Lipinski definition) is 5. The number of aryl methyl sites for hydroxylation is 2. The number of nitrogens with zero attached hydrogens (tertiary/aromatic N) is 1. The predicted octanol–water partition coefficient (Wildman–Crippen LogP) is 5.77. The molecule has 0 fully saturated rings. The minimum Gasteiger partial charge on any atom is -0.507 e. The highest BCUT2D eigenvalue weighted by molar-refractivity contribution is 5.89. The number of rotatable bonds is 11. The number of esters is 1. The lowest BCUT2D eigenvalue weighted by Crippen LogP contribution is -2.21. The molecule has 1 aromatic heterocycles. The molecule has 37 heavy (non-hydrogen) atoms. The maximum Gasteiger partial charge on any atom is 0.338 e. The molecule has 6 heteroatoms. The van der Waals surface area contributed by atoms with E-state index in [1.165, 1.54) is 0 Å². The van der Waals surface area contributed by atoms with Crippen LogP contribution in [0.5, 0.6) is 11.5 Å². The van der Waals surface area contributed by atoms with E-state index in [2.05, 4.69) is 6.92 Å². The van der Waals surface area contributed by atoms with Gasteiger partial charge in [-0.3, -0.25) is 0 Å². The van der Waals surface area contributed by atoms with Crippen LogP contribution in [0.1, 0.15) is 59.3 Å². The molecule has 194 valence electrons. The number of carbonyl (C=O) groups is 1. The molecular weight excluding hydrogens is 466 g/mol. The standard InChI is InChI=1S/C31H35NO5/c1-3-5-9-22-15-29(34)27(30(35)16-22)19-32-18-24(26-12-6-7-13-28(26)32)17-25(33)20-37-31(36)23-11-8-10-21(4-2)14-23/h6-8,10-16,18,25,33-35H,3-5,9,17,19-20H2,1-2H3/t25-/m0/s1. The third-order valence-corrected chi connectivity index (χ3v) is 6.71. The lowest BCUT2D eigenvalue weighted by molar-refractivity contribution is 0.0259. The first-order valence-corrected chi connectivity index (χ1v) is 12.9. The number of phenols is 2. The summed E-state index contributed by atoms with van der Waals surface area (Å²) in [5.41, 5.74) is 4.71. The Morgan fingerprint density at radius 3 is 2.46 bits per heavy atom. The van der Waals surface area contributed by atoms with E-state index in [9.17, 15) is 20.1 Å². The molecule has 4 aromatic rings. The molecule has 0 aliphatic rings. The summed E-state index contributed by atoms with van der Waals surface area (Å²) in [5, 5.41) is 32.9. The van der Waals surface area contributed by atoms with Gasteiger partial charge in [0, 0.05) is 23.5 Å². The van der Waals surface area contributed by atoms with Gasteiger partial charge in [0.2, 0.25) is 0 Å². The van der Waals surface area contributed by atoms with Gasteiger partial charge < -0.3 is 24.6 Å². The number of aliphatic hydroxyl groups is 1. The molecule has 0 amide bonds. The van der Waals surface area contributed by atoms with Crippen molar-refractivity contribution in [3.8, 4) is 11.5 Å². The van der Waals surface area contributed by atoms with Crippen LogP contribution < -0.4 is 0 Å². The molecule has 3 N–H and O–H groups in total. The van der Waals surface area contributed by atoms with Crippen molar-refractivity contribution in [2.45, 2.75) is 58.6 Å². The van der Waals surface area contributed by atoms with E-state index >= 15 is 0 Å². The smallest absolute Gasteiger partial charge is 0.338 e. The second-order valence-electron chi connectivity index (χ2n) is 9.53. The molecule has 6 nitrogen and oxygen atoms in total. The fourth-order valence-electron chi connectivity index (χ4n) is 4.66. The topological polar surface area (TPSA) is 91.9 Å². The Bertz CT molecular complexity index is 1350. The normalized spacial score (nSPS) is 12.1. The van der Waals surface area contributed by atoms with Crippen LogP contribution >= 0.6 is 0 Å². The molecule has 1 heterocycles. The van der Waals surface area contributed by atoms with Crippen molar-refractivity contribution in [2.24, 2.45) is 0 Å². The summed E-state index contributed by atoms with van der Waals surface area (Å²) in [6.45, 7) is 4.30. The fourth-order valence-corrected chi connectivity index (χ4v) is 4.66. The monoisotopic (exact) mass is 501 g/mol. The highest BCUT2D eigenvalue weighted by Gasteiger charge is 2.17. The van der Waals surface area contributed by atoms with E-state index < -0.39 is 12.1 Å². The molecule has 0 aliphatic carbocycles. The van der Waals surface area contributed by atoms with Gasteiger partial charge in [0.1, 0.15) is 18.1 Å². The Morgan fingerprint density at radius 1 is 0.973 bits per heavy atom. The summed E-state index contributed by atoms with van der Waals surface area (Å²) in [7, 11) is 0. The van der Waals surface area contributed by atoms with Crippen LogP contribution in [-0.2, 0) is 30.5 Å². The first-order valence-electron chi connectivity index (χ1n) is 12.9. The van der Waals surface area contributed by atoms with Crippen molar-refractivity contribution in [1.29, 1.82) is 0 Å². The summed E-state index contributed by atoms with van der Waals surface area (Å²) >= 11 is 0. The minimum atomic E-state index is -0.878. The molecule has 1 atom stereocenters. The van der Waals surface area contributed by atoms with Gasteiger partial charge in [-0.15, -0.1) is 0 Å². The van der Waals surface area contributed by atoms with Gasteiger partial charge >= 0.3 is 5.97 Å². The number of aliphatic hydroxyl groups excluding tert-OH is 1. The van der Waals surface area contributed by atoms with E-state index in [0.29, 0.717) is 17.5 Å². The molecule has 0 saturated carbocycles. The molecule has 0 aliphatic heterocycles. The van der Waals surface area contributed by atoms with Crippen LogP contribution in [0.3, 0.4) is 0 Å². The zero-order valence-corrected chi connectivity index (χ0v) is 21.5. The number of fused-ring (bicyclic) bond motifs is 1. The Labute approximate surface area is 217 Å². The number of phenolic OH excluding ortho intramolecular Hbond substituents is 2. The van der Waals surface area contributed by atoms with Gasteiger partial charge in [0.25, 0.3) is 0 Å². The van der Waals surface area contributed by atoms with Crippen molar-refractivity contribution in [3.05, 3.63) is 94.7 Å². The molecule has 3 aromatic carbocycles. The zero-order chi connectivity index (χ0) is 26.4. The van der Waals surface area contributed by atoms with Crippen LogP contribution in [0.4, 0.5) is 0 Å². The number of aromatic nitrogens is 1. The fraction of sp³-hybridized carbons (Fsp3) is 0.323. The van der Waals surface area contributed by atoms with Crippen LogP contribution in [0.15, 0.2) is 66.9 Å². The van der Waals surface area contributed by atoms with Crippen LogP contribution in [0.25, 0.3) is 10.9 Å². The summed E-state index contributed by atoms with van der Waals surface area (Å²) in [6, 6.07) is 18.6. The average Bonchev–Trinajstić information content (AvgIpc) is 3.25. The van der Waals surface area contributed by atoms with Gasteiger partial charge in [-0.05, 0) is 66.3 Å². The highest BCUT2D eigenvalue weighted by atomic mass is 16.5. The van der Waals surface area contributed by atoms with Gasteiger partial charge in [-0.25, -0.2) is 4.79 Å². The van der Waals surface area contributed by atoms with Crippen molar-refractivity contribution in [1.82, 2.24) is 4.57 Å². The zero-order valence-electron chi connectivity index (χ0n) is 21.5. The van der Waals surface area contributed by atoms with Crippen LogP contribution in [-0.4, -0.2) is 38.6 Å². The van der Waals surface area contributed by atoms with Gasteiger partial charge in [-0.1, -0.05) is 50.6 Å². The highest BCUT2D eigenvalue weighted by Crippen LogP contribution is 2.32. The Morgan fingerprint density at radius 2 is 1.73 bits per heavy atom. The number of aromatic hydroxyl groups is 2. The Hall–Kier alpha value is -3.77. The maximum atomic E-state index is 12.5. The van der Waals surface area contributed by atoms with Crippen LogP contribution in [0, 0.1) is 0 Å². The van der Waals surface area contributed by atoms with E-state index in [0.717, 1.165) is 53.3 Å². The maximum absolute atomic E-state index is 12.5. The molecule has 0 unspecified atom stereocenters. The van der Waals surface area contributed by atoms with Gasteiger partial charge in [-0.2, -0.15) is 0 Å². The van der Waals surface area contributed by atoms with Gasteiger partial charge in [0.05, 0.1) is 23.8 Å². The predicted molar refractivity (Wildman–Crippen MR) is 145 cm³/mol. The van der Waals surface area contributed by atoms with Crippen LogP contribution in [0.2, 0.25) is 0 Å². The Kier molecular flexibility index (Phi) is 8.51. The summed E-state index contributed by atoms with van der Waals surface area (Å²) in [5.74, 6) is -0.306. The second-order valence-corrected chi connectivity index (χ2v) is 9.53. The minimum absolute atomic E-state index is 0.0736. The summed E-state index contributed by atoms with van der Waals surface area (Å²) in [6.07, 6.45) is 5.00. The third-order valence-electron chi connectivity index (χ3n) is 6.71. The van der Waals surface area contributed by atoms with Gasteiger partial charge in [0.15, 0.2) is 0 Å². The quantitative estimate of drug-likeness (QED) is 0.227. The number of para-hydroxylation sites is 1. The lowest BCUT2D eigenvalue weighted by Gasteiger charge is -2.12. The first kappa shape index (κ1) is 26.3. The molecule has 4 rings (SSSR count). The van der Waals surface area contributed by atoms with E-state index in [1.54, 1.807) is 18.2 Å². The third kappa shape index (κ3) is 6.33. The molecular formula is C31H35NO5. The van der Waals surface area contributed by atoms with E-state index in [4.69, 9.17) is 4.74 Å². The summed E-state index contributed by atoms with van der Waals surface area (Å²) in [4.78, 5) is 12.5. The van der Waals surface area contributed by atoms with E-state index in [-0.39, 0.29) is 24.7 Å². The number of benzene rings is 3. The molecule has 0 radical (unpaired) electrons.